The highest BCUT2D eigenvalue weighted by Crippen LogP contribution is 2.32. The van der Waals surface area contributed by atoms with Crippen LogP contribution in [-0.2, 0) is 22.5 Å². The number of aromatic nitrogens is 2. The van der Waals surface area contributed by atoms with Crippen LogP contribution in [0.3, 0.4) is 0 Å². The molecule has 0 saturated heterocycles. The molecule has 0 atom stereocenters. The number of ether oxygens (including phenoxy) is 3. The first kappa shape index (κ1) is 19.0. The summed E-state index contributed by atoms with van der Waals surface area (Å²) in [4.78, 5) is 14.8. The Labute approximate surface area is 169 Å². The Bertz CT molecular complexity index is 955. The number of hydrogen-bond donors (Lipinski definition) is 0. The van der Waals surface area contributed by atoms with Gasteiger partial charge in [0.25, 0.3) is 0 Å². The van der Waals surface area contributed by atoms with Crippen molar-refractivity contribution in [1.29, 1.82) is 0 Å². The number of methoxy groups -OCH3 is 1. The normalized spacial score (nSPS) is 12.2. The SMILES string of the molecule is COCCN(Cc1ccc2c(c1)OCO2)C(=O)Cc1ccc(-n2cccn2)cc1. The van der Waals surface area contributed by atoms with Gasteiger partial charge in [-0.1, -0.05) is 18.2 Å². The summed E-state index contributed by atoms with van der Waals surface area (Å²) in [5, 5.41) is 4.22. The summed E-state index contributed by atoms with van der Waals surface area (Å²) in [6.07, 6.45) is 3.95. The summed E-state index contributed by atoms with van der Waals surface area (Å²) < 4.78 is 17.8. The van der Waals surface area contributed by atoms with Crippen molar-refractivity contribution in [3.8, 4) is 17.2 Å². The smallest absolute Gasteiger partial charge is 0.231 e. The van der Waals surface area contributed by atoms with E-state index < -0.39 is 0 Å². The fraction of sp³-hybridized carbons (Fsp3) is 0.273. The van der Waals surface area contributed by atoms with Crippen molar-refractivity contribution in [3.05, 3.63) is 72.1 Å². The molecular weight excluding hydrogens is 370 g/mol. The van der Waals surface area contributed by atoms with E-state index in [1.165, 1.54) is 0 Å². The van der Waals surface area contributed by atoms with Crippen molar-refractivity contribution >= 4 is 5.91 Å². The molecule has 0 bridgehead atoms. The van der Waals surface area contributed by atoms with Crippen LogP contribution in [0.2, 0.25) is 0 Å². The fourth-order valence-corrected chi connectivity index (χ4v) is 3.23. The standard InChI is InChI=1S/C22H23N3O4/c1-27-12-11-24(15-18-5-8-20-21(13-18)29-16-28-20)22(26)14-17-3-6-19(7-4-17)25-10-2-9-23-25/h2-10,13H,11-12,14-16H2,1H3. The van der Waals surface area contributed by atoms with Crippen molar-refractivity contribution in [3.63, 3.8) is 0 Å². The topological polar surface area (TPSA) is 65.8 Å². The molecule has 1 amide bonds. The van der Waals surface area contributed by atoms with Crippen molar-refractivity contribution in [1.82, 2.24) is 14.7 Å². The second-order valence-corrected chi connectivity index (χ2v) is 6.79. The molecule has 29 heavy (non-hydrogen) atoms. The van der Waals surface area contributed by atoms with Crippen LogP contribution in [0, 0.1) is 0 Å². The average molecular weight is 393 g/mol. The van der Waals surface area contributed by atoms with Crippen LogP contribution in [0.15, 0.2) is 60.9 Å². The molecule has 0 fully saturated rings. The van der Waals surface area contributed by atoms with Gasteiger partial charge in [0.1, 0.15) is 0 Å². The van der Waals surface area contributed by atoms with Gasteiger partial charge in [0.2, 0.25) is 12.7 Å². The molecule has 7 nitrogen and oxygen atoms in total. The molecule has 0 N–H and O–H groups in total. The molecule has 1 aliphatic rings. The zero-order chi connectivity index (χ0) is 20.1. The largest absolute Gasteiger partial charge is 0.454 e. The molecule has 0 saturated carbocycles. The molecule has 4 rings (SSSR count). The van der Waals surface area contributed by atoms with E-state index in [-0.39, 0.29) is 12.7 Å². The Kier molecular flexibility index (Phi) is 5.76. The summed E-state index contributed by atoms with van der Waals surface area (Å²) in [5.41, 5.74) is 2.91. The van der Waals surface area contributed by atoms with Gasteiger partial charge < -0.3 is 19.1 Å². The van der Waals surface area contributed by atoms with Crippen molar-refractivity contribution in [2.24, 2.45) is 0 Å². The second-order valence-electron chi connectivity index (χ2n) is 6.79. The van der Waals surface area contributed by atoms with Gasteiger partial charge in [-0.3, -0.25) is 4.79 Å². The van der Waals surface area contributed by atoms with Crippen LogP contribution in [0.1, 0.15) is 11.1 Å². The van der Waals surface area contributed by atoms with Crippen molar-refractivity contribution in [2.45, 2.75) is 13.0 Å². The van der Waals surface area contributed by atoms with Crippen LogP contribution in [0.4, 0.5) is 0 Å². The average Bonchev–Trinajstić information content (AvgIpc) is 3.43. The lowest BCUT2D eigenvalue weighted by atomic mass is 10.1. The number of carbonyl (C=O) groups excluding carboxylic acids is 1. The molecule has 1 aromatic heterocycles. The molecule has 0 spiro atoms. The third kappa shape index (κ3) is 4.57. The minimum Gasteiger partial charge on any atom is -0.454 e. The predicted octanol–water partition coefficient (Wildman–Crippen LogP) is 2.82. The molecule has 0 aliphatic carbocycles. The van der Waals surface area contributed by atoms with Crippen LogP contribution in [0.25, 0.3) is 5.69 Å². The Hall–Kier alpha value is -3.32. The molecule has 3 aromatic rings. The molecule has 1 aliphatic heterocycles. The van der Waals surface area contributed by atoms with E-state index in [4.69, 9.17) is 14.2 Å². The van der Waals surface area contributed by atoms with Crippen LogP contribution in [0.5, 0.6) is 11.5 Å². The molecule has 0 unspecified atom stereocenters. The summed E-state index contributed by atoms with van der Waals surface area (Å²) in [5.74, 6) is 1.50. The number of rotatable bonds is 8. The number of nitrogens with zero attached hydrogens (tertiary/aromatic N) is 3. The predicted molar refractivity (Wildman–Crippen MR) is 107 cm³/mol. The highest BCUT2D eigenvalue weighted by Gasteiger charge is 2.18. The van der Waals surface area contributed by atoms with Gasteiger partial charge >= 0.3 is 0 Å². The van der Waals surface area contributed by atoms with Gasteiger partial charge in [-0.05, 0) is 41.5 Å². The molecule has 0 radical (unpaired) electrons. The number of fused-ring (bicyclic) bond motifs is 1. The van der Waals surface area contributed by atoms with Crippen molar-refractivity contribution < 1.29 is 19.0 Å². The quantitative estimate of drug-likeness (QED) is 0.589. The minimum absolute atomic E-state index is 0.0477. The number of carbonyl (C=O) groups is 1. The van der Waals surface area contributed by atoms with E-state index in [0.717, 1.165) is 28.3 Å². The highest BCUT2D eigenvalue weighted by molar-refractivity contribution is 5.79. The van der Waals surface area contributed by atoms with Gasteiger partial charge in [-0.25, -0.2) is 4.68 Å². The van der Waals surface area contributed by atoms with E-state index in [0.29, 0.717) is 26.1 Å². The van der Waals surface area contributed by atoms with E-state index in [9.17, 15) is 4.79 Å². The third-order valence-corrected chi connectivity index (χ3v) is 4.79. The van der Waals surface area contributed by atoms with Crippen LogP contribution in [-0.4, -0.2) is 47.6 Å². The zero-order valence-electron chi connectivity index (χ0n) is 16.3. The highest BCUT2D eigenvalue weighted by atomic mass is 16.7. The molecule has 2 heterocycles. The molecule has 2 aromatic carbocycles. The summed E-state index contributed by atoms with van der Waals surface area (Å²) in [6.45, 7) is 1.73. The van der Waals surface area contributed by atoms with Gasteiger partial charge in [0, 0.05) is 32.6 Å². The van der Waals surface area contributed by atoms with Gasteiger partial charge in [-0.15, -0.1) is 0 Å². The van der Waals surface area contributed by atoms with Gasteiger partial charge in [-0.2, -0.15) is 5.10 Å². The first-order valence-corrected chi connectivity index (χ1v) is 9.47. The monoisotopic (exact) mass is 393 g/mol. The van der Waals surface area contributed by atoms with E-state index in [1.807, 2.05) is 59.6 Å². The van der Waals surface area contributed by atoms with Gasteiger partial charge in [0.15, 0.2) is 11.5 Å². The van der Waals surface area contributed by atoms with Crippen LogP contribution < -0.4 is 9.47 Å². The van der Waals surface area contributed by atoms with E-state index in [2.05, 4.69) is 5.10 Å². The van der Waals surface area contributed by atoms with Gasteiger partial charge in [0.05, 0.1) is 18.7 Å². The first-order valence-electron chi connectivity index (χ1n) is 9.47. The van der Waals surface area contributed by atoms with Crippen molar-refractivity contribution in [2.75, 3.05) is 27.1 Å². The number of amides is 1. The minimum atomic E-state index is 0.0477. The maximum Gasteiger partial charge on any atom is 0.231 e. The number of benzene rings is 2. The van der Waals surface area contributed by atoms with E-state index in [1.54, 1.807) is 18.0 Å². The maximum atomic E-state index is 13.0. The Morgan fingerprint density at radius 1 is 1.14 bits per heavy atom. The Balaban J connectivity index is 1.44. The first-order chi connectivity index (χ1) is 14.2. The second kappa shape index (κ2) is 8.79. The van der Waals surface area contributed by atoms with E-state index >= 15 is 0 Å². The third-order valence-electron chi connectivity index (χ3n) is 4.79. The summed E-state index contributed by atoms with van der Waals surface area (Å²) in [6, 6.07) is 15.5. The maximum absolute atomic E-state index is 13.0. The Morgan fingerprint density at radius 3 is 2.69 bits per heavy atom. The zero-order valence-corrected chi connectivity index (χ0v) is 16.3. The fourth-order valence-electron chi connectivity index (χ4n) is 3.23. The number of hydrogen-bond acceptors (Lipinski definition) is 5. The lowest BCUT2D eigenvalue weighted by Crippen LogP contribution is -2.34. The molecule has 150 valence electrons. The lowest BCUT2D eigenvalue weighted by Gasteiger charge is -2.23. The molecule has 7 heteroatoms. The molecular formula is C22H23N3O4. The van der Waals surface area contributed by atoms with Crippen LogP contribution >= 0.6 is 0 Å². The Morgan fingerprint density at radius 2 is 1.93 bits per heavy atom. The lowest BCUT2D eigenvalue weighted by molar-refractivity contribution is -0.131. The summed E-state index contributed by atoms with van der Waals surface area (Å²) >= 11 is 0. The summed E-state index contributed by atoms with van der Waals surface area (Å²) in [7, 11) is 1.64.